The molecule has 0 spiro atoms. The molecule has 2 aromatic heterocycles. The molecule has 0 fully saturated rings. The third-order valence-electron chi connectivity index (χ3n) is 4.11. The van der Waals surface area contributed by atoms with Gasteiger partial charge in [-0.1, -0.05) is 33.8 Å². The summed E-state index contributed by atoms with van der Waals surface area (Å²) in [5, 5.41) is 0. The van der Waals surface area contributed by atoms with E-state index in [1.807, 2.05) is 0 Å². The van der Waals surface area contributed by atoms with Gasteiger partial charge in [-0.15, -0.1) is 0 Å². The average Bonchev–Trinajstić information content (AvgIpc) is 3.00. The van der Waals surface area contributed by atoms with Crippen molar-refractivity contribution in [3.8, 4) is 11.5 Å². The van der Waals surface area contributed by atoms with Crippen molar-refractivity contribution in [2.75, 3.05) is 0 Å². The second-order valence-electron chi connectivity index (χ2n) is 6.44. The van der Waals surface area contributed by atoms with E-state index >= 15 is 0 Å². The van der Waals surface area contributed by atoms with Gasteiger partial charge in [-0.25, -0.2) is 4.98 Å². The van der Waals surface area contributed by atoms with Gasteiger partial charge in [0, 0.05) is 14.7 Å². The number of benzene rings is 1. The van der Waals surface area contributed by atoms with Crippen LogP contribution in [0.4, 0.5) is 0 Å². The van der Waals surface area contributed by atoms with Crippen molar-refractivity contribution >= 4 is 11.0 Å². The van der Waals surface area contributed by atoms with E-state index in [1.54, 1.807) is 0 Å². The zero-order valence-corrected chi connectivity index (χ0v) is 13.4. The topological polar surface area (TPSA) is 33.6 Å². The molecule has 0 radical (unpaired) electrons. The molecule has 3 nitrogen and oxygen atoms in total. The van der Waals surface area contributed by atoms with E-state index in [0.717, 1.165) is 22.6 Å². The molecule has 0 saturated heterocycles. The Morgan fingerprint density at radius 1 is 1.05 bits per heavy atom. The monoisotopic (exact) mass is 283 g/mol. The van der Waals surface area contributed by atoms with E-state index in [1.165, 1.54) is 11.1 Å². The van der Waals surface area contributed by atoms with Crippen molar-refractivity contribution in [1.29, 1.82) is 0 Å². The Morgan fingerprint density at radius 2 is 1.76 bits per heavy atom. The van der Waals surface area contributed by atoms with Crippen LogP contribution in [0.5, 0.6) is 0 Å². The lowest BCUT2D eigenvalue weighted by molar-refractivity contribution is 0.850. The highest BCUT2D eigenvalue weighted by atomic mass is 15.0. The number of fused-ring (bicyclic) bond motifs is 1. The summed E-state index contributed by atoms with van der Waals surface area (Å²) in [6.07, 6.45) is 2.19. The Balaban J connectivity index is 0.00000176. The first-order chi connectivity index (χ1) is 9.95. The van der Waals surface area contributed by atoms with Crippen molar-refractivity contribution in [3.05, 3.63) is 41.6 Å². The zero-order valence-electron chi connectivity index (χ0n) is 13.4. The molecule has 1 N–H and O–H groups in total. The molecule has 3 rings (SSSR count). The first-order valence-corrected chi connectivity index (χ1v) is 7.62. The molecule has 0 saturated carbocycles. The van der Waals surface area contributed by atoms with Gasteiger partial charge >= 0.3 is 0 Å². The van der Waals surface area contributed by atoms with Crippen LogP contribution in [0, 0.1) is 0 Å². The number of hydrogen-bond acceptors (Lipinski definition) is 1. The quantitative estimate of drug-likeness (QED) is 0.716. The Morgan fingerprint density at radius 3 is 2.38 bits per heavy atom. The van der Waals surface area contributed by atoms with Gasteiger partial charge < -0.3 is 9.55 Å². The minimum absolute atomic E-state index is 0. The maximum absolute atomic E-state index is 4.74. The summed E-state index contributed by atoms with van der Waals surface area (Å²) in [7, 11) is 2.08. The average molecular weight is 283 g/mol. The number of hydrogen-bond donors (Lipinski definition) is 1. The zero-order chi connectivity index (χ0) is 15.1. The molecule has 1 aromatic carbocycles. The molecular weight excluding hydrogens is 258 g/mol. The molecule has 21 heavy (non-hydrogen) atoms. The van der Waals surface area contributed by atoms with Crippen LogP contribution in [0.25, 0.3) is 22.6 Å². The summed E-state index contributed by atoms with van der Waals surface area (Å²) in [6, 6.07) is 8.72. The van der Waals surface area contributed by atoms with Gasteiger partial charge in [0.15, 0.2) is 5.82 Å². The van der Waals surface area contributed by atoms with Gasteiger partial charge in [0.1, 0.15) is 0 Å². The van der Waals surface area contributed by atoms with Crippen LogP contribution >= 0.6 is 0 Å². The predicted molar refractivity (Wildman–Crippen MR) is 90.8 cm³/mol. The van der Waals surface area contributed by atoms with Gasteiger partial charge in [0.2, 0.25) is 0 Å². The number of nitrogens with one attached hydrogen (secondary N) is 1. The SMILES string of the molecule is CC(C)c1ccc2nc(-c3cc(C(C)C)cn3C)[nH]c2c1.[HH]. The van der Waals surface area contributed by atoms with Crippen molar-refractivity contribution in [2.45, 2.75) is 39.5 Å². The van der Waals surface area contributed by atoms with E-state index in [9.17, 15) is 0 Å². The molecule has 112 valence electrons. The number of H-pyrrole nitrogens is 1. The molecule has 0 atom stereocenters. The first-order valence-electron chi connectivity index (χ1n) is 7.62. The fourth-order valence-electron chi connectivity index (χ4n) is 2.65. The molecule has 3 aromatic rings. The molecule has 0 unspecified atom stereocenters. The Hall–Kier alpha value is -2.03. The Labute approximate surface area is 127 Å². The van der Waals surface area contributed by atoms with Gasteiger partial charge in [-0.05, 0) is 41.2 Å². The summed E-state index contributed by atoms with van der Waals surface area (Å²) in [6.45, 7) is 8.86. The van der Waals surface area contributed by atoms with E-state index in [0.29, 0.717) is 11.8 Å². The molecule has 0 aliphatic carbocycles. The molecule has 2 heterocycles. The molecule has 0 aliphatic rings. The molecule has 0 bridgehead atoms. The summed E-state index contributed by atoms with van der Waals surface area (Å²) in [4.78, 5) is 8.21. The summed E-state index contributed by atoms with van der Waals surface area (Å²) >= 11 is 0. The van der Waals surface area contributed by atoms with Crippen LogP contribution in [-0.2, 0) is 7.05 Å². The Bertz CT molecular complexity index is 781. The highest BCUT2D eigenvalue weighted by Crippen LogP contribution is 2.27. The molecule has 3 heteroatoms. The lowest BCUT2D eigenvalue weighted by Gasteiger charge is -2.03. The van der Waals surface area contributed by atoms with Crippen LogP contribution in [0.3, 0.4) is 0 Å². The van der Waals surface area contributed by atoms with E-state index in [2.05, 4.69) is 74.8 Å². The number of nitrogens with zero attached hydrogens (tertiary/aromatic N) is 2. The second kappa shape index (κ2) is 5.06. The lowest BCUT2D eigenvalue weighted by Crippen LogP contribution is -1.90. The number of aromatic amines is 1. The number of imidazole rings is 1. The summed E-state index contributed by atoms with van der Waals surface area (Å²) < 4.78 is 2.15. The predicted octanol–water partition coefficient (Wildman–Crippen LogP) is 5.06. The van der Waals surface area contributed by atoms with E-state index in [-0.39, 0.29) is 1.43 Å². The van der Waals surface area contributed by atoms with Crippen molar-refractivity contribution in [3.63, 3.8) is 0 Å². The number of rotatable bonds is 3. The van der Waals surface area contributed by atoms with Crippen molar-refractivity contribution < 1.29 is 1.43 Å². The molecule has 0 amide bonds. The Kier molecular flexibility index (Phi) is 3.36. The third-order valence-corrected chi connectivity index (χ3v) is 4.11. The smallest absolute Gasteiger partial charge is 0.155 e. The number of aryl methyl sites for hydroxylation is 1. The highest BCUT2D eigenvalue weighted by Gasteiger charge is 2.12. The fraction of sp³-hybridized carbons (Fsp3) is 0.389. The van der Waals surface area contributed by atoms with Crippen molar-refractivity contribution in [1.82, 2.24) is 14.5 Å². The summed E-state index contributed by atoms with van der Waals surface area (Å²) in [5.74, 6) is 2.01. The van der Waals surface area contributed by atoms with Gasteiger partial charge in [0.05, 0.1) is 16.7 Å². The van der Waals surface area contributed by atoms with Crippen molar-refractivity contribution in [2.24, 2.45) is 7.05 Å². The normalized spacial score (nSPS) is 12.0. The highest BCUT2D eigenvalue weighted by molar-refractivity contribution is 5.79. The minimum atomic E-state index is 0. The fourth-order valence-corrected chi connectivity index (χ4v) is 2.65. The van der Waals surface area contributed by atoms with Crippen LogP contribution in [0.1, 0.15) is 52.1 Å². The maximum atomic E-state index is 4.74. The summed E-state index contributed by atoms with van der Waals surface area (Å²) in [5.41, 5.74) is 5.97. The van der Waals surface area contributed by atoms with Crippen LogP contribution in [0.2, 0.25) is 0 Å². The molecule has 0 aliphatic heterocycles. The third kappa shape index (κ3) is 2.48. The minimum Gasteiger partial charge on any atom is -0.348 e. The lowest BCUT2D eigenvalue weighted by atomic mass is 10.0. The van der Waals surface area contributed by atoms with Gasteiger partial charge in [0.25, 0.3) is 0 Å². The standard InChI is InChI=1S/C18H23N3.H2/c1-11(2)13-6-7-15-16(8-13)20-18(19-15)17-9-14(12(3)4)10-21(17)5;/h6-12H,1-5H3,(H,19,20);1H. The van der Waals surface area contributed by atoms with Crippen LogP contribution in [0.15, 0.2) is 30.5 Å². The van der Waals surface area contributed by atoms with Crippen LogP contribution in [-0.4, -0.2) is 14.5 Å². The molecular formula is C18H25N3. The van der Waals surface area contributed by atoms with E-state index in [4.69, 9.17) is 4.98 Å². The number of aromatic nitrogens is 3. The second-order valence-corrected chi connectivity index (χ2v) is 6.44. The largest absolute Gasteiger partial charge is 0.348 e. The van der Waals surface area contributed by atoms with E-state index < -0.39 is 0 Å². The van der Waals surface area contributed by atoms with Gasteiger partial charge in [-0.3, -0.25) is 0 Å². The maximum Gasteiger partial charge on any atom is 0.155 e. The van der Waals surface area contributed by atoms with Gasteiger partial charge in [-0.2, -0.15) is 0 Å². The first kappa shape index (κ1) is 13.9. The van der Waals surface area contributed by atoms with Crippen LogP contribution < -0.4 is 0 Å².